The zero-order valence-electron chi connectivity index (χ0n) is 11.2. The summed E-state index contributed by atoms with van der Waals surface area (Å²) in [6.45, 7) is 7.14. The summed E-state index contributed by atoms with van der Waals surface area (Å²) in [7, 11) is 0. The van der Waals surface area contributed by atoms with Crippen molar-refractivity contribution in [3.8, 4) is 0 Å². The average Bonchev–Trinajstić information content (AvgIpc) is 2.14. The molecular formula is C13H23NO3. The summed E-state index contributed by atoms with van der Waals surface area (Å²) in [6, 6.07) is 0.0764. The molecule has 1 N–H and O–H groups in total. The van der Waals surface area contributed by atoms with Gasteiger partial charge in [0.1, 0.15) is 11.4 Å². The van der Waals surface area contributed by atoms with E-state index < -0.39 is 5.60 Å². The molecule has 0 radical (unpaired) electrons. The monoisotopic (exact) mass is 241 g/mol. The Labute approximate surface area is 103 Å². The average molecular weight is 241 g/mol. The van der Waals surface area contributed by atoms with Gasteiger partial charge < -0.3 is 10.1 Å². The maximum absolute atomic E-state index is 11.6. The summed E-state index contributed by atoms with van der Waals surface area (Å²) in [6.07, 6.45) is 3.23. The summed E-state index contributed by atoms with van der Waals surface area (Å²) in [4.78, 5) is 22.9. The fourth-order valence-corrected chi connectivity index (χ4v) is 2.16. The molecule has 0 heterocycles. The summed E-state index contributed by atoms with van der Waals surface area (Å²) in [5.41, 5.74) is -0.473. The van der Waals surface area contributed by atoms with E-state index in [9.17, 15) is 9.59 Å². The fraction of sp³-hybridized carbons (Fsp3) is 0.846. The number of ether oxygens (including phenoxy) is 1. The quantitative estimate of drug-likeness (QED) is 0.808. The number of Topliss-reactive ketones (excluding diaryl/α,β-unsaturated/α-hetero) is 1. The van der Waals surface area contributed by atoms with Crippen LogP contribution >= 0.6 is 0 Å². The van der Waals surface area contributed by atoms with E-state index in [0.29, 0.717) is 0 Å². The molecule has 0 spiro atoms. The Kier molecular flexibility index (Phi) is 4.54. The number of nitrogens with one attached hydrogen (secondary N) is 1. The number of amides is 1. The summed E-state index contributed by atoms with van der Waals surface area (Å²) < 4.78 is 5.20. The van der Waals surface area contributed by atoms with Crippen LogP contribution < -0.4 is 5.32 Å². The standard InChI is InChI=1S/C13H23NO3/c1-9(15)10-6-5-7-11(8-10)14-12(16)17-13(2,3)4/h10-11H,5-8H2,1-4H3,(H,14,16)/t10?,11-/m1/s1. The van der Waals surface area contributed by atoms with Crippen molar-refractivity contribution in [2.24, 2.45) is 5.92 Å². The Morgan fingerprint density at radius 3 is 2.41 bits per heavy atom. The van der Waals surface area contributed by atoms with Gasteiger partial charge in [0.2, 0.25) is 0 Å². The molecule has 4 heteroatoms. The first kappa shape index (κ1) is 14.0. The van der Waals surface area contributed by atoms with Crippen molar-refractivity contribution in [1.82, 2.24) is 5.32 Å². The number of carbonyl (C=O) groups is 2. The lowest BCUT2D eigenvalue weighted by Crippen LogP contribution is -2.42. The molecule has 1 fully saturated rings. The highest BCUT2D eigenvalue weighted by Crippen LogP contribution is 2.25. The Morgan fingerprint density at radius 2 is 1.88 bits per heavy atom. The smallest absolute Gasteiger partial charge is 0.407 e. The SMILES string of the molecule is CC(=O)C1CCC[C@@H](NC(=O)OC(C)(C)C)C1. The first-order valence-corrected chi connectivity index (χ1v) is 6.28. The highest BCUT2D eigenvalue weighted by atomic mass is 16.6. The molecule has 17 heavy (non-hydrogen) atoms. The highest BCUT2D eigenvalue weighted by molar-refractivity contribution is 5.78. The van der Waals surface area contributed by atoms with E-state index in [4.69, 9.17) is 4.74 Å². The second-order valence-corrected chi connectivity index (χ2v) is 5.82. The molecule has 0 aromatic rings. The van der Waals surface area contributed by atoms with Crippen LogP contribution in [-0.2, 0) is 9.53 Å². The van der Waals surface area contributed by atoms with Gasteiger partial charge in [0.15, 0.2) is 0 Å². The summed E-state index contributed by atoms with van der Waals surface area (Å²) >= 11 is 0. The van der Waals surface area contributed by atoms with Crippen LogP contribution in [0.1, 0.15) is 53.4 Å². The Hall–Kier alpha value is -1.06. The van der Waals surface area contributed by atoms with Crippen molar-refractivity contribution in [2.75, 3.05) is 0 Å². The second kappa shape index (κ2) is 5.52. The van der Waals surface area contributed by atoms with Crippen molar-refractivity contribution in [1.29, 1.82) is 0 Å². The second-order valence-electron chi connectivity index (χ2n) is 5.82. The van der Waals surface area contributed by atoms with Gasteiger partial charge in [-0.3, -0.25) is 4.79 Å². The molecule has 1 unspecified atom stereocenters. The highest BCUT2D eigenvalue weighted by Gasteiger charge is 2.27. The molecule has 98 valence electrons. The van der Waals surface area contributed by atoms with Crippen LogP contribution in [0.15, 0.2) is 0 Å². The summed E-state index contributed by atoms with van der Waals surface area (Å²) in [5, 5.41) is 2.85. The third kappa shape index (κ3) is 5.20. The first-order chi connectivity index (χ1) is 7.78. The molecule has 0 bridgehead atoms. The predicted molar refractivity (Wildman–Crippen MR) is 65.8 cm³/mol. The van der Waals surface area contributed by atoms with Crippen LogP contribution in [0.4, 0.5) is 4.79 Å². The minimum absolute atomic E-state index is 0.0764. The Bertz CT molecular complexity index is 294. The molecule has 0 aromatic carbocycles. The Balaban J connectivity index is 2.41. The molecule has 1 aliphatic carbocycles. The van der Waals surface area contributed by atoms with E-state index in [-0.39, 0.29) is 23.8 Å². The van der Waals surface area contributed by atoms with Crippen molar-refractivity contribution < 1.29 is 14.3 Å². The largest absolute Gasteiger partial charge is 0.444 e. The maximum atomic E-state index is 11.6. The van der Waals surface area contributed by atoms with Crippen LogP contribution in [0.25, 0.3) is 0 Å². The van der Waals surface area contributed by atoms with E-state index in [1.807, 2.05) is 20.8 Å². The molecule has 1 rings (SSSR count). The van der Waals surface area contributed by atoms with Crippen molar-refractivity contribution >= 4 is 11.9 Å². The minimum Gasteiger partial charge on any atom is -0.444 e. The molecule has 0 aromatic heterocycles. The lowest BCUT2D eigenvalue weighted by atomic mass is 9.83. The van der Waals surface area contributed by atoms with Crippen LogP contribution in [0.3, 0.4) is 0 Å². The van der Waals surface area contributed by atoms with Gasteiger partial charge in [0.25, 0.3) is 0 Å². The molecule has 1 saturated carbocycles. The van der Waals surface area contributed by atoms with E-state index in [2.05, 4.69) is 5.32 Å². The molecular weight excluding hydrogens is 218 g/mol. The van der Waals surface area contributed by atoms with Gasteiger partial charge in [-0.25, -0.2) is 4.79 Å². The number of hydrogen-bond acceptors (Lipinski definition) is 3. The van der Waals surface area contributed by atoms with Gasteiger partial charge in [0.05, 0.1) is 0 Å². The van der Waals surface area contributed by atoms with E-state index in [0.717, 1.165) is 25.7 Å². The van der Waals surface area contributed by atoms with Gasteiger partial charge in [-0.15, -0.1) is 0 Å². The number of carbonyl (C=O) groups excluding carboxylic acids is 2. The van der Waals surface area contributed by atoms with Gasteiger partial charge in [-0.05, 0) is 47.0 Å². The van der Waals surface area contributed by atoms with Crippen LogP contribution in [0.5, 0.6) is 0 Å². The Morgan fingerprint density at radius 1 is 1.24 bits per heavy atom. The molecule has 1 aliphatic rings. The van der Waals surface area contributed by atoms with E-state index in [1.54, 1.807) is 6.92 Å². The zero-order valence-corrected chi connectivity index (χ0v) is 11.2. The molecule has 0 saturated heterocycles. The van der Waals surface area contributed by atoms with Crippen LogP contribution in [-0.4, -0.2) is 23.5 Å². The van der Waals surface area contributed by atoms with Gasteiger partial charge in [-0.1, -0.05) is 6.42 Å². The molecule has 4 nitrogen and oxygen atoms in total. The number of alkyl carbamates (subject to hydrolysis) is 1. The number of hydrogen-bond donors (Lipinski definition) is 1. The minimum atomic E-state index is -0.473. The first-order valence-electron chi connectivity index (χ1n) is 6.28. The number of ketones is 1. The maximum Gasteiger partial charge on any atom is 0.407 e. The van der Waals surface area contributed by atoms with Crippen molar-refractivity contribution in [3.05, 3.63) is 0 Å². The molecule has 2 atom stereocenters. The zero-order chi connectivity index (χ0) is 13.1. The topological polar surface area (TPSA) is 55.4 Å². The van der Waals surface area contributed by atoms with Gasteiger partial charge in [0, 0.05) is 12.0 Å². The van der Waals surface area contributed by atoms with Crippen molar-refractivity contribution in [2.45, 2.75) is 65.0 Å². The lowest BCUT2D eigenvalue weighted by molar-refractivity contribution is -0.121. The normalized spacial score (nSPS) is 25.2. The van der Waals surface area contributed by atoms with Crippen LogP contribution in [0.2, 0.25) is 0 Å². The third-order valence-corrected chi connectivity index (χ3v) is 2.97. The summed E-state index contributed by atoms with van der Waals surface area (Å²) in [5.74, 6) is 0.323. The third-order valence-electron chi connectivity index (χ3n) is 2.97. The van der Waals surface area contributed by atoms with Crippen LogP contribution in [0, 0.1) is 5.92 Å². The van der Waals surface area contributed by atoms with Gasteiger partial charge in [-0.2, -0.15) is 0 Å². The predicted octanol–water partition coefficient (Wildman–Crippen LogP) is 2.66. The van der Waals surface area contributed by atoms with Gasteiger partial charge >= 0.3 is 6.09 Å². The number of rotatable bonds is 2. The van der Waals surface area contributed by atoms with Crippen molar-refractivity contribution in [3.63, 3.8) is 0 Å². The molecule has 0 aliphatic heterocycles. The molecule has 1 amide bonds. The fourth-order valence-electron chi connectivity index (χ4n) is 2.16. The van der Waals surface area contributed by atoms with E-state index >= 15 is 0 Å². The van der Waals surface area contributed by atoms with E-state index in [1.165, 1.54) is 0 Å². The lowest BCUT2D eigenvalue weighted by Gasteiger charge is -2.29.